The first-order valence-electron chi connectivity index (χ1n) is 6.21. The number of nitrogens with zero attached hydrogens (tertiary/aromatic N) is 3. The number of halogens is 2. The molecule has 0 aliphatic rings. The standard InChI is InChI=1S/C15H11I2N3O2/c1-8-3-9(2)20(19-8)15(22)11(7-18)4-10-5-12(16)6-13(17)14(10)21/h3-6,21H,1-2H3/b11-4+. The Labute approximate surface area is 154 Å². The predicted molar refractivity (Wildman–Crippen MR) is 99.5 cm³/mol. The zero-order chi connectivity index (χ0) is 16.4. The molecular weight excluding hydrogens is 508 g/mol. The highest BCUT2D eigenvalue weighted by Gasteiger charge is 2.17. The molecule has 22 heavy (non-hydrogen) atoms. The summed E-state index contributed by atoms with van der Waals surface area (Å²) in [7, 11) is 0. The molecule has 0 bridgehead atoms. The third-order valence-electron chi connectivity index (χ3n) is 2.91. The van der Waals surface area contributed by atoms with E-state index in [1.807, 2.05) is 34.7 Å². The van der Waals surface area contributed by atoms with Gasteiger partial charge in [-0.3, -0.25) is 4.79 Å². The minimum absolute atomic E-state index is 0.0509. The minimum Gasteiger partial charge on any atom is -0.506 e. The van der Waals surface area contributed by atoms with Crippen LogP contribution in [0.3, 0.4) is 0 Å². The monoisotopic (exact) mass is 519 g/mol. The van der Waals surface area contributed by atoms with Crippen LogP contribution >= 0.6 is 45.2 Å². The second kappa shape index (κ2) is 6.78. The van der Waals surface area contributed by atoms with E-state index in [0.29, 0.717) is 20.5 Å². The van der Waals surface area contributed by atoms with Crippen LogP contribution in [0.1, 0.15) is 21.7 Å². The number of aromatic nitrogens is 2. The third kappa shape index (κ3) is 3.49. The maximum atomic E-state index is 12.4. The van der Waals surface area contributed by atoms with Gasteiger partial charge in [-0.1, -0.05) is 0 Å². The average Bonchev–Trinajstić information content (AvgIpc) is 2.79. The van der Waals surface area contributed by atoms with Gasteiger partial charge in [0.2, 0.25) is 0 Å². The summed E-state index contributed by atoms with van der Waals surface area (Å²) in [4.78, 5) is 12.4. The first-order valence-corrected chi connectivity index (χ1v) is 8.37. The highest BCUT2D eigenvalue weighted by atomic mass is 127. The number of carbonyl (C=O) groups excluding carboxylic acids is 1. The van der Waals surface area contributed by atoms with Crippen molar-refractivity contribution in [3.63, 3.8) is 0 Å². The highest BCUT2D eigenvalue weighted by molar-refractivity contribution is 14.1. The van der Waals surface area contributed by atoms with Crippen LogP contribution in [0.25, 0.3) is 6.08 Å². The largest absolute Gasteiger partial charge is 0.506 e. The second-order valence-electron chi connectivity index (χ2n) is 4.64. The quantitative estimate of drug-likeness (QED) is 0.374. The van der Waals surface area contributed by atoms with E-state index in [1.165, 1.54) is 10.8 Å². The van der Waals surface area contributed by atoms with Crippen LogP contribution in [0.4, 0.5) is 0 Å². The fraction of sp³-hybridized carbons (Fsp3) is 0.133. The number of aryl methyl sites for hydroxylation is 2. The van der Waals surface area contributed by atoms with Gasteiger partial charge in [0.25, 0.3) is 5.91 Å². The maximum Gasteiger partial charge on any atom is 0.289 e. The van der Waals surface area contributed by atoms with Gasteiger partial charge in [-0.2, -0.15) is 10.4 Å². The number of hydrogen-bond donors (Lipinski definition) is 1. The molecule has 0 saturated heterocycles. The first-order chi connectivity index (χ1) is 10.3. The van der Waals surface area contributed by atoms with Crippen molar-refractivity contribution < 1.29 is 9.90 Å². The Morgan fingerprint density at radius 1 is 1.36 bits per heavy atom. The topological polar surface area (TPSA) is 78.9 Å². The molecule has 0 unspecified atom stereocenters. The van der Waals surface area contributed by atoms with Crippen molar-refractivity contribution in [3.8, 4) is 11.8 Å². The summed E-state index contributed by atoms with van der Waals surface area (Å²) in [5, 5.41) is 23.4. The molecule has 2 rings (SSSR count). The molecule has 0 spiro atoms. The van der Waals surface area contributed by atoms with Crippen molar-refractivity contribution in [2.75, 3.05) is 0 Å². The smallest absolute Gasteiger partial charge is 0.289 e. The third-order valence-corrected chi connectivity index (χ3v) is 4.36. The molecular formula is C15H11I2N3O2. The van der Waals surface area contributed by atoms with Gasteiger partial charge >= 0.3 is 0 Å². The van der Waals surface area contributed by atoms with E-state index in [1.54, 1.807) is 26.0 Å². The van der Waals surface area contributed by atoms with Crippen LogP contribution in [0, 0.1) is 32.3 Å². The van der Waals surface area contributed by atoms with Gasteiger partial charge in [0.15, 0.2) is 0 Å². The molecule has 0 fully saturated rings. The Morgan fingerprint density at radius 3 is 2.59 bits per heavy atom. The summed E-state index contributed by atoms with van der Waals surface area (Å²) in [6.45, 7) is 3.53. The zero-order valence-corrected chi connectivity index (χ0v) is 16.1. The molecule has 1 N–H and O–H groups in total. The van der Waals surface area contributed by atoms with E-state index < -0.39 is 5.91 Å². The lowest BCUT2D eigenvalue weighted by molar-refractivity contribution is 0.0944. The van der Waals surface area contributed by atoms with Crippen LogP contribution in [0.2, 0.25) is 0 Å². The summed E-state index contributed by atoms with van der Waals surface area (Å²) in [5.41, 5.74) is 1.71. The van der Waals surface area contributed by atoms with Crippen molar-refractivity contribution >= 4 is 57.2 Å². The van der Waals surface area contributed by atoms with Crippen LogP contribution in [-0.4, -0.2) is 20.8 Å². The molecule has 112 valence electrons. The number of benzene rings is 1. The van der Waals surface area contributed by atoms with Crippen molar-refractivity contribution in [1.82, 2.24) is 9.78 Å². The van der Waals surface area contributed by atoms with Crippen LogP contribution < -0.4 is 0 Å². The molecule has 1 aromatic heterocycles. The molecule has 0 saturated carbocycles. The van der Waals surface area contributed by atoms with E-state index in [-0.39, 0.29) is 11.3 Å². The maximum absolute atomic E-state index is 12.4. The number of rotatable bonds is 2. The number of hydrogen-bond acceptors (Lipinski definition) is 4. The number of phenolic OH excluding ortho intramolecular Hbond substituents is 1. The Balaban J connectivity index is 2.51. The van der Waals surface area contributed by atoms with Gasteiger partial charge < -0.3 is 5.11 Å². The summed E-state index contributed by atoms with van der Waals surface area (Å²) in [5.74, 6) is -0.462. The van der Waals surface area contributed by atoms with Crippen LogP contribution in [0.15, 0.2) is 23.8 Å². The number of carbonyl (C=O) groups is 1. The van der Waals surface area contributed by atoms with Crippen LogP contribution in [-0.2, 0) is 0 Å². The van der Waals surface area contributed by atoms with Crippen LogP contribution in [0.5, 0.6) is 5.75 Å². The van der Waals surface area contributed by atoms with Crippen molar-refractivity contribution in [2.45, 2.75) is 13.8 Å². The first kappa shape index (κ1) is 17.0. The Hall–Kier alpha value is -1.41. The summed E-state index contributed by atoms with van der Waals surface area (Å²) in [6.07, 6.45) is 1.39. The Morgan fingerprint density at radius 2 is 2.05 bits per heavy atom. The summed E-state index contributed by atoms with van der Waals surface area (Å²) >= 11 is 4.12. The Bertz CT molecular complexity index is 832. The van der Waals surface area contributed by atoms with E-state index in [9.17, 15) is 15.2 Å². The second-order valence-corrected chi connectivity index (χ2v) is 7.05. The van der Waals surface area contributed by atoms with Gasteiger partial charge in [-0.05, 0) is 83.3 Å². The number of aromatic hydroxyl groups is 1. The van der Waals surface area contributed by atoms with Crippen molar-refractivity contribution in [2.24, 2.45) is 0 Å². The Kier molecular flexibility index (Phi) is 5.23. The summed E-state index contributed by atoms with van der Waals surface area (Å²) in [6, 6.07) is 7.17. The lowest BCUT2D eigenvalue weighted by Gasteiger charge is -2.05. The predicted octanol–water partition coefficient (Wildman–Crippen LogP) is 3.66. The molecule has 0 amide bonds. The summed E-state index contributed by atoms with van der Waals surface area (Å²) < 4.78 is 2.76. The zero-order valence-electron chi connectivity index (χ0n) is 11.8. The molecule has 5 nitrogen and oxygen atoms in total. The molecule has 1 heterocycles. The van der Waals surface area contributed by atoms with E-state index >= 15 is 0 Å². The minimum atomic E-state index is -0.513. The molecule has 2 aromatic rings. The molecule has 0 atom stereocenters. The number of nitriles is 1. The van der Waals surface area contributed by atoms with Gasteiger partial charge in [0.05, 0.1) is 9.26 Å². The van der Waals surface area contributed by atoms with Gasteiger partial charge in [-0.25, -0.2) is 4.68 Å². The fourth-order valence-electron chi connectivity index (χ4n) is 1.94. The number of allylic oxidation sites excluding steroid dienone is 1. The van der Waals surface area contributed by atoms with E-state index in [2.05, 4.69) is 27.7 Å². The normalized spacial score (nSPS) is 11.3. The molecule has 0 aliphatic heterocycles. The van der Waals surface area contributed by atoms with Crippen molar-refractivity contribution in [1.29, 1.82) is 5.26 Å². The van der Waals surface area contributed by atoms with Gasteiger partial charge in [0, 0.05) is 14.8 Å². The average molecular weight is 519 g/mol. The van der Waals surface area contributed by atoms with Gasteiger partial charge in [0.1, 0.15) is 17.4 Å². The lowest BCUT2D eigenvalue weighted by Crippen LogP contribution is -2.15. The molecule has 0 aliphatic carbocycles. The molecule has 1 aromatic carbocycles. The van der Waals surface area contributed by atoms with E-state index in [0.717, 1.165) is 3.57 Å². The number of phenols is 1. The molecule has 0 radical (unpaired) electrons. The lowest BCUT2D eigenvalue weighted by atomic mass is 10.1. The highest BCUT2D eigenvalue weighted by Crippen LogP contribution is 2.29. The molecule has 7 heteroatoms. The van der Waals surface area contributed by atoms with Gasteiger partial charge in [-0.15, -0.1) is 0 Å². The SMILES string of the molecule is Cc1cc(C)n(C(=O)/C(C#N)=C/c2cc(I)cc(I)c2O)n1. The van der Waals surface area contributed by atoms with E-state index in [4.69, 9.17) is 0 Å². The fourth-order valence-corrected chi connectivity index (χ4v) is 3.83. The van der Waals surface area contributed by atoms with Crippen molar-refractivity contribution in [3.05, 3.63) is 47.9 Å².